The number of nitrogens with one attached hydrogen (secondary N) is 2. The zero-order valence-corrected chi connectivity index (χ0v) is 14.9. The van der Waals surface area contributed by atoms with Crippen molar-refractivity contribution in [2.45, 2.75) is 24.9 Å². The fraction of sp³-hybridized carbons (Fsp3) is 0.278. The summed E-state index contributed by atoms with van der Waals surface area (Å²) in [5.41, 5.74) is 2.02. The molecule has 7 nitrogen and oxygen atoms in total. The highest BCUT2D eigenvalue weighted by Gasteiger charge is 2.25. The predicted octanol–water partition coefficient (Wildman–Crippen LogP) is 3.46. The lowest BCUT2D eigenvalue weighted by molar-refractivity contribution is -0.114. The number of fused-ring (bicyclic) bond motifs is 2. The van der Waals surface area contributed by atoms with E-state index in [9.17, 15) is 4.79 Å². The minimum Gasteiger partial charge on any atom is -0.484 e. The van der Waals surface area contributed by atoms with Crippen LogP contribution >= 0.6 is 11.8 Å². The Hall–Kier alpha value is -2.74. The Morgan fingerprint density at radius 1 is 1.50 bits per heavy atom. The van der Waals surface area contributed by atoms with Gasteiger partial charge >= 0.3 is 0 Å². The van der Waals surface area contributed by atoms with Gasteiger partial charge in [-0.05, 0) is 19.2 Å². The summed E-state index contributed by atoms with van der Waals surface area (Å²) in [7, 11) is 0. The van der Waals surface area contributed by atoms with E-state index in [0.29, 0.717) is 28.0 Å². The molecule has 0 spiro atoms. The Labute approximate surface area is 158 Å². The predicted molar refractivity (Wildman–Crippen MR) is 101 cm³/mol. The number of aromatic amines is 1. The van der Waals surface area contributed by atoms with Crippen LogP contribution in [-0.4, -0.2) is 39.8 Å². The smallest absolute Gasteiger partial charge is 0.222 e. The first-order valence-electron chi connectivity index (χ1n) is 9.40. The molecule has 4 rings (SSSR count). The standard InChI is InChI=1S/C18H18N4O3S/c1-9-8-24-18-14(25-9)5-16(26-3)22-17(18)12-6-19-13-7-20-15(4-11(12)13)21-10(2)23/h4-7,9,19H,8H2,1-3H3,(H,20,21,23)/i1D3. The number of nitrogens with zero attached hydrogens (tertiary/aromatic N) is 2. The molecule has 0 saturated heterocycles. The number of ether oxygens (including phenoxy) is 2. The third-order valence-corrected chi connectivity index (χ3v) is 4.53. The number of carbonyl (C=O) groups excluding carboxylic acids is 1. The lowest BCUT2D eigenvalue weighted by atomic mass is 10.1. The maximum absolute atomic E-state index is 11.4. The monoisotopic (exact) mass is 373 g/mol. The van der Waals surface area contributed by atoms with Gasteiger partial charge in [0.15, 0.2) is 11.5 Å². The van der Waals surface area contributed by atoms with E-state index in [1.807, 2.05) is 6.26 Å². The minimum absolute atomic E-state index is 0.0994. The third kappa shape index (κ3) is 2.96. The van der Waals surface area contributed by atoms with Crippen molar-refractivity contribution in [1.82, 2.24) is 15.0 Å². The number of rotatable bonds is 3. The van der Waals surface area contributed by atoms with Gasteiger partial charge in [0.05, 0.1) is 11.7 Å². The number of aromatic nitrogens is 3. The van der Waals surface area contributed by atoms with Crippen LogP contribution in [0.2, 0.25) is 0 Å². The van der Waals surface area contributed by atoms with E-state index >= 15 is 0 Å². The molecular formula is C18H18N4O3S. The summed E-state index contributed by atoms with van der Waals surface area (Å²) in [5.74, 6) is 0.931. The van der Waals surface area contributed by atoms with Gasteiger partial charge in [0.1, 0.15) is 29.2 Å². The van der Waals surface area contributed by atoms with Crippen LogP contribution < -0.4 is 14.8 Å². The van der Waals surface area contributed by atoms with Gasteiger partial charge in [0, 0.05) is 34.2 Å². The average Bonchev–Trinajstić information content (AvgIpc) is 3.08. The quantitative estimate of drug-likeness (QED) is 0.684. The second-order valence-electron chi connectivity index (χ2n) is 5.76. The maximum atomic E-state index is 11.4. The normalized spacial score (nSPS) is 18.1. The van der Waals surface area contributed by atoms with Crippen LogP contribution in [0.15, 0.2) is 29.6 Å². The number of amides is 1. The molecule has 2 N–H and O–H groups in total. The molecule has 1 aliphatic rings. The van der Waals surface area contributed by atoms with Gasteiger partial charge in [-0.15, -0.1) is 11.8 Å². The summed E-state index contributed by atoms with van der Waals surface area (Å²) in [6, 6.07) is 3.43. The van der Waals surface area contributed by atoms with E-state index in [4.69, 9.17) is 13.6 Å². The van der Waals surface area contributed by atoms with Gasteiger partial charge in [-0.3, -0.25) is 4.79 Å². The molecule has 26 heavy (non-hydrogen) atoms. The molecule has 134 valence electrons. The van der Waals surface area contributed by atoms with Crippen LogP contribution in [0.4, 0.5) is 5.82 Å². The summed E-state index contributed by atoms with van der Waals surface area (Å²) < 4.78 is 34.4. The van der Waals surface area contributed by atoms with Crippen molar-refractivity contribution in [3.05, 3.63) is 24.5 Å². The van der Waals surface area contributed by atoms with E-state index in [-0.39, 0.29) is 12.5 Å². The molecule has 0 fully saturated rings. The molecule has 0 aromatic carbocycles. The maximum Gasteiger partial charge on any atom is 0.222 e. The summed E-state index contributed by atoms with van der Waals surface area (Å²) >= 11 is 1.41. The zero-order valence-electron chi connectivity index (χ0n) is 17.1. The van der Waals surface area contributed by atoms with E-state index in [1.54, 1.807) is 24.5 Å². The molecule has 1 amide bonds. The minimum atomic E-state index is -2.29. The average molecular weight is 373 g/mol. The number of hydrogen-bond acceptors (Lipinski definition) is 6. The second-order valence-corrected chi connectivity index (χ2v) is 6.58. The van der Waals surface area contributed by atoms with Crippen LogP contribution in [0.5, 0.6) is 11.5 Å². The zero-order chi connectivity index (χ0) is 20.8. The van der Waals surface area contributed by atoms with E-state index in [1.165, 1.54) is 18.7 Å². The molecule has 0 saturated carbocycles. The largest absolute Gasteiger partial charge is 0.484 e. The Morgan fingerprint density at radius 2 is 2.38 bits per heavy atom. The molecule has 1 atom stereocenters. The van der Waals surface area contributed by atoms with Crippen LogP contribution in [0.1, 0.15) is 17.9 Å². The molecule has 8 heteroatoms. The van der Waals surface area contributed by atoms with Gasteiger partial charge in [0.25, 0.3) is 0 Å². The van der Waals surface area contributed by atoms with Crippen molar-refractivity contribution in [2.75, 3.05) is 18.2 Å². The summed E-state index contributed by atoms with van der Waals surface area (Å²) in [4.78, 5) is 23.4. The first-order chi connectivity index (χ1) is 13.8. The topological polar surface area (TPSA) is 89.1 Å². The molecule has 1 unspecified atom stereocenters. The molecule has 0 radical (unpaired) electrons. The summed E-state index contributed by atoms with van der Waals surface area (Å²) in [5, 5.41) is 4.12. The Kier molecular flexibility index (Phi) is 3.38. The Morgan fingerprint density at radius 3 is 3.15 bits per heavy atom. The van der Waals surface area contributed by atoms with E-state index < -0.39 is 13.0 Å². The van der Waals surface area contributed by atoms with Crippen molar-refractivity contribution in [3.8, 4) is 22.8 Å². The first kappa shape index (κ1) is 13.5. The van der Waals surface area contributed by atoms with E-state index in [0.717, 1.165) is 16.5 Å². The third-order valence-electron chi connectivity index (χ3n) is 3.90. The number of carbonyl (C=O) groups is 1. The van der Waals surface area contributed by atoms with Crippen molar-refractivity contribution in [1.29, 1.82) is 0 Å². The molecule has 3 aromatic rings. The highest BCUT2D eigenvalue weighted by Crippen LogP contribution is 2.43. The molecule has 0 bridgehead atoms. The molecule has 1 aliphatic heterocycles. The molecular weight excluding hydrogens is 352 g/mol. The number of anilines is 1. The van der Waals surface area contributed by atoms with Crippen molar-refractivity contribution >= 4 is 34.4 Å². The first-order valence-corrected chi connectivity index (χ1v) is 9.12. The van der Waals surface area contributed by atoms with Gasteiger partial charge in [0.2, 0.25) is 5.91 Å². The fourth-order valence-electron chi connectivity index (χ4n) is 2.81. The SMILES string of the molecule is [2H]C([2H])([2H])C1COc2c(cc(SC)nc2-c2c[nH]c3cnc(NC(C)=O)cc23)O1. The number of H-pyrrole nitrogens is 1. The fourth-order valence-corrected chi connectivity index (χ4v) is 3.22. The van der Waals surface area contributed by atoms with Crippen LogP contribution in [0.3, 0.4) is 0 Å². The van der Waals surface area contributed by atoms with E-state index in [2.05, 4.69) is 20.3 Å². The van der Waals surface area contributed by atoms with Crippen molar-refractivity contribution in [3.63, 3.8) is 0 Å². The molecule has 0 aliphatic carbocycles. The van der Waals surface area contributed by atoms with Gasteiger partial charge < -0.3 is 19.8 Å². The van der Waals surface area contributed by atoms with Gasteiger partial charge in [-0.2, -0.15) is 0 Å². The second kappa shape index (κ2) is 6.53. The van der Waals surface area contributed by atoms with Crippen molar-refractivity contribution in [2.24, 2.45) is 0 Å². The highest BCUT2D eigenvalue weighted by atomic mass is 32.2. The van der Waals surface area contributed by atoms with Crippen molar-refractivity contribution < 1.29 is 18.4 Å². The van der Waals surface area contributed by atoms with Crippen LogP contribution in [0, 0.1) is 0 Å². The number of thioether (sulfide) groups is 1. The van der Waals surface area contributed by atoms with Gasteiger partial charge in [-0.1, -0.05) is 0 Å². The molecule has 3 aromatic heterocycles. The lowest BCUT2D eigenvalue weighted by Gasteiger charge is -2.25. The Bertz CT molecular complexity index is 1100. The molecule has 4 heterocycles. The Balaban J connectivity index is 1.84. The number of hydrogen-bond donors (Lipinski definition) is 2. The number of pyridine rings is 2. The highest BCUT2D eigenvalue weighted by molar-refractivity contribution is 7.98. The summed E-state index contributed by atoms with van der Waals surface area (Å²) in [6.45, 7) is -0.978. The lowest BCUT2D eigenvalue weighted by Crippen LogP contribution is -2.26. The van der Waals surface area contributed by atoms with Crippen LogP contribution in [0.25, 0.3) is 22.2 Å². The van der Waals surface area contributed by atoms with Crippen LogP contribution in [-0.2, 0) is 4.79 Å². The van der Waals surface area contributed by atoms with Gasteiger partial charge in [-0.25, -0.2) is 9.97 Å². The summed E-state index contributed by atoms with van der Waals surface area (Å²) in [6.07, 6.45) is 4.23.